The van der Waals surface area contributed by atoms with Gasteiger partial charge in [-0.1, -0.05) is 30.3 Å². The van der Waals surface area contributed by atoms with Crippen LogP contribution in [0, 0.1) is 0 Å². The lowest BCUT2D eigenvalue weighted by atomic mass is 10.1. The van der Waals surface area contributed by atoms with Crippen molar-refractivity contribution < 1.29 is 13.2 Å². The summed E-state index contributed by atoms with van der Waals surface area (Å²) in [6, 6.07) is 9.61. The zero-order valence-electron chi connectivity index (χ0n) is 8.58. The Bertz CT molecular complexity index is 505. The number of alkyl halides is 4. The molecule has 0 amide bonds. The lowest BCUT2D eigenvalue weighted by Crippen LogP contribution is -2.19. The Morgan fingerprint density at radius 1 is 1.18 bits per heavy atom. The first kappa shape index (κ1) is 12.0. The van der Waals surface area contributed by atoms with Gasteiger partial charge < -0.3 is 0 Å². The van der Waals surface area contributed by atoms with Crippen LogP contribution in [0.15, 0.2) is 36.4 Å². The molecule has 0 saturated heterocycles. The SMILES string of the molecule is FC(F)(F)n1nc(CCl)cc1-c1ccccc1. The molecular formula is C11H8ClF3N2. The summed E-state index contributed by atoms with van der Waals surface area (Å²) in [6.07, 6.45) is -4.55. The molecule has 0 bridgehead atoms. The Hall–Kier alpha value is -1.49. The van der Waals surface area contributed by atoms with Crippen LogP contribution in [0.1, 0.15) is 5.69 Å². The Kier molecular flexibility index (Phi) is 3.11. The van der Waals surface area contributed by atoms with Crippen LogP contribution >= 0.6 is 11.6 Å². The van der Waals surface area contributed by atoms with E-state index in [4.69, 9.17) is 11.6 Å². The van der Waals surface area contributed by atoms with Gasteiger partial charge in [-0.2, -0.15) is 9.78 Å². The Morgan fingerprint density at radius 3 is 2.35 bits per heavy atom. The highest BCUT2D eigenvalue weighted by molar-refractivity contribution is 6.16. The highest BCUT2D eigenvalue weighted by Gasteiger charge is 2.35. The topological polar surface area (TPSA) is 17.8 Å². The Balaban J connectivity index is 2.57. The number of hydrogen-bond donors (Lipinski definition) is 0. The molecule has 0 spiro atoms. The van der Waals surface area contributed by atoms with E-state index in [0.717, 1.165) is 0 Å². The fraction of sp³-hybridized carbons (Fsp3) is 0.182. The van der Waals surface area contributed by atoms with Crippen LogP contribution in [0.2, 0.25) is 0 Å². The van der Waals surface area contributed by atoms with Crippen molar-refractivity contribution >= 4 is 11.6 Å². The molecule has 1 aromatic heterocycles. The van der Waals surface area contributed by atoms with Gasteiger partial charge in [0.15, 0.2) is 0 Å². The van der Waals surface area contributed by atoms with Gasteiger partial charge >= 0.3 is 6.30 Å². The van der Waals surface area contributed by atoms with Crippen molar-refractivity contribution in [3.63, 3.8) is 0 Å². The van der Waals surface area contributed by atoms with Gasteiger partial charge in [0, 0.05) is 5.56 Å². The van der Waals surface area contributed by atoms with Gasteiger partial charge in [-0.05, 0) is 6.07 Å². The number of hydrogen-bond acceptors (Lipinski definition) is 1. The van der Waals surface area contributed by atoms with Crippen molar-refractivity contribution in [3.05, 3.63) is 42.1 Å². The fourth-order valence-corrected chi connectivity index (χ4v) is 1.63. The average molecular weight is 261 g/mol. The molecule has 90 valence electrons. The van der Waals surface area contributed by atoms with E-state index in [1.807, 2.05) is 0 Å². The highest BCUT2D eigenvalue weighted by Crippen LogP contribution is 2.30. The summed E-state index contributed by atoms with van der Waals surface area (Å²) in [4.78, 5) is 0. The average Bonchev–Trinajstić information content (AvgIpc) is 2.74. The molecule has 2 nitrogen and oxygen atoms in total. The summed E-state index contributed by atoms with van der Waals surface area (Å²) in [7, 11) is 0. The number of aromatic nitrogens is 2. The fourth-order valence-electron chi connectivity index (χ4n) is 1.50. The van der Waals surface area contributed by atoms with Crippen LogP contribution in [-0.2, 0) is 12.2 Å². The molecule has 0 radical (unpaired) electrons. The largest absolute Gasteiger partial charge is 0.505 e. The third-order valence-electron chi connectivity index (χ3n) is 2.21. The molecule has 0 N–H and O–H groups in total. The molecule has 6 heteroatoms. The molecule has 0 saturated carbocycles. The summed E-state index contributed by atoms with van der Waals surface area (Å²) in [5, 5.41) is 3.44. The standard InChI is InChI=1S/C11H8ClF3N2/c12-7-9-6-10(8-4-2-1-3-5-8)17(16-9)11(13,14)15/h1-6H,7H2. The van der Waals surface area contributed by atoms with Gasteiger partial charge in [-0.3, -0.25) is 0 Å². The Morgan fingerprint density at radius 2 is 1.82 bits per heavy atom. The summed E-state index contributed by atoms with van der Waals surface area (Å²) >= 11 is 5.51. The highest BCUT2D eigenvalue weighted by atomic mass is 35.5. The summed E-state index contributed by atoms with van der Waals surface area (Å²) < 4.78 is 38.3. The van der Waals surface area contributed by atoms with Gasteiger partial charge in [-0.15, -0.1) is 24.8 Å². The second kappa shape index (κ2) is 4.41. The molecule has 1 aromatic carbocycles. The molecule has 17 heavy (non-hydrogen) atoms. The zero-order valence-corrected chi connectivity index (χ0v) is 9.33. The van der Waals surface area contributed by atoms with E-state index < -0.39 is 6.30 Å². The van der Waals surface area contributed by atoms with E-state index in [0.29, 0.717) is 5.56 Å². The van der Waals surface area contributed by atoms with Crippen LogP contribution in [0.4, 0.5) is 13.2 Å². The van der Waals surface area contributed by atoms with Crippen molar-refractivity contribution in [3.8, 4) is 11.3 Å². The van der Waals surface area contributed by atoms with E-state index in [2.05, 4.69) is 5.10 Å². The van der Waals surface area contributed by atoms with E-state index in [1.54, 1.807) is 30.3 Å². The molecule has 2 rings (SSSR count). The van der Waals surface area contributed by atoms with Crippen molar-refractivity contribution in [1.82, 2.24) is 9.78 Å². The van der Waals surface area contributed by atoms with Crippen LogP contribution < -0.4 is 0 Å². The summed E-state index contributed by atoms with van der Waals surface area (Å²) in [5.74, 6) is -0.0527. The summed E-state index contributed by atoms with van der Waals surface area (Å²) in [5.41, 5.74) is 0.644. The quantitative estimate of drug-likeness (QED) is 0.752. The summed E-state index contributed by atoms with van der Waals surface area (Å²) in [6.45, 7) is 0. The van der Waals surface area contributed by atoms with Crippen LogP contribution in [0.3, 0.4) is 0 Å². The predicted octanol–water partition coefficient (Wildman–Crippen LogP) is 3.77. The molecule has 0 aliphatic heterocycles. The number of nitrogens with zero attached hydrogens (tertiary/aromatic N) is 2. The molecule has 0 aliphatic rings. The molecule has 1 heterocycles. The molecule has 0 atom stereocenters. The van der Waals surface area contributed by atoms with Crippen molar-refractivity contribution in [1.29, 1.82) is 0 Å². The maximum Gasteiger partial charge on any atom is 0.505 e. The first-order chi connectivity index (χ1) is 8.02. The molecule has 2 aromatic rings. The van der Waals surface area contributed by atoms with Crippen molar-refractivity contribution in [2.24, 2.45) is 0 Å². The minimum Gasteiger partial charge on any atom is -0.171 e. The van der Waals surface area contributed by atoms with Crippen LogP contribution in [0.25, 0.3) is 11.3 Å². The van der Waals surface area contributed by atoms with Gasteiger partial charge in [0.1, 0.15) is 0 Å². The zero-order chi connectivity index (χ0) is 12.5. The third kappa shape index (κ3) is 2.44. The molecular weight excluding hydrogens is 253 g/mol. The van der Waals surface area contributed by atoms with E-state index in [9.17, 15) is 13.2 Å². The number of halogens is 4. The van der Waals surface area contributed by atoms with E-state index >= 15 is 0 Å². The maximum atomic E-state index is 12.7. The normalized spacial score (nSPS) is 11.8. The van der Waals surface area contributed by atoms with E-state index in [-0.39, 0.29) is 21.9 Å². The maximum absolute atomic E-state index is 12.7. The number of rotatable bonds is 2. The molecule has 0 aliphatic carbocycles. The van der Waals surface area contributed by atoms with Crippen molar-refractivity contribution in [2.45, 2.75) is 12.2 Å². The van der Waals surface area contributed by atoms with Crippen LogP contribution in [-0.4, -0.2) is 9.78 Å². The lowest BCUT2D eigenvalue weighted by Gasteiger charge is -2.10. The minimum atomic E-state index is -4.55. The van der Waals surface area contributed by atoms with Gasteiger partial charge in [0.2, 0.25) is 0 Å². The Labute approximate surface area is 101 Å². The second-order valence-electron chi connectivity index (χ2n) is 3.40. The third-order valence-corrected chi connectivity index (χ3v) is 2.48. The first-order valence-electron chi connectivity index (χ1n) is 4.80. The smallest absolute Gasteiger partial charge is 0.171 e. The molecule has 0 unspecified atom stereocenters. The lowest BCUT2D eigenvalue weighted by molar-refractivity contribution is -0.211. The number of benzene rings is 1. The monoisotopic (exact) mass is 260 g/mol. The predicted molar refractivity (Wildman–Crippen MR) is 58.5 cm³/mol. The van der Waals surface area contributed by atoms with Crippen LogP contribution in [0.5, 0.6) is 0 Å². The van der Waals surface area contributed by atoms with Gasteiger partial charge in [-0.25, -0.2) is 0 Å². The first-order valence-corrected chi connectivity index (χ1v) is 5.33. The van der Waals surface area contributed by atoms with Gasteiger partial charge in [0.05, 0.1) is 17.3 Å². The van der Waals surface area contributed by atoms with Gasteiger partial charge in [0.25, 0.3) is 0 Å². The second-order valence-corrected chi connectivity index (χ2v) is 3.67. The molecule has 0 fully saturated rings. The van der Waals surface area contributed by atoms with Crippen molar-refractivity contribution in [2.75, 3.05) is 0 Å². The van der Waals surface area contributed by atoms with E-state index in [1.165, 1.54) is 6.07 Å². The minimum absolute atomic E-state index is 0.00579.